The summed E-state index contributed by atoms with van der Waals surface area (Å²) < 4.78 is 22.9. The van der Waals surface area contributed by atoms with Crippen molar-refractivity contribution in [2.24, 2.45) is 0 Å². The van der Waals surface area contributed by atoms with Crippen LogP contribution in [0.1, 0.15) is 258 Å². The molecule has 0 aromatic heterocycles. The SMILES string of the molecule is CC/C=C\C/C=C\C/C=C\C/C=C\C/C=C\C/C=C\CCCCCCCCC(=O)OC(COC(=O)CCCCCCCCCCCCCCCCCCCCCCCCC)COC(OCC[N+](C)(C)C)C(=O)O. The molecular formula is C64H114NO8+. The zero-order chi connectivity index (χ0) is 53.4. The average molecular weight is 1030 g/mol. The van der Waals surface area contributed by atoms with Gasteiger partial charge in [0.15, 0.2) is 6.10 Å². The molecule has 0 heterocycles. The fraction of sp³-hybridized carbons (Fsp3) is 0.766. The van der Waals surface area contributed by atoms with Crippen LogP contribution in [0.5, 0.6) is 0 Å². The molecule has 0 amide bonds. The third-order valence-corrected chi connectivity index (χ3v) is 13.0. The summed E-state index contributed by atoms with van der Waals surface area (Å²) in [5, 5.41) is 9.71. The highest BCUT2D eigenvalue weighted by Crippen LogP contribution is 2.17. The second-order valence-electron chi connectivity index (χ2n) is 21.3. The Bertz CT molecular complexity index is 1420. The van der Waals surface area contributed by atoms with E-state index in [1.165, 1.54) is 128 Å². The number of carbonyl (C=O) groups is 3. The van der Waals surface area contributed by atoms with Crippen molar-refractivity contribution in [2.75, 3.05) is 47.5 Å². The topological polar surface area (TPSA) is 108 Å². The molecule has 9 nitrogen and oxygen atoms in total. The number of nitrogens with zero attached hydrogens (tertiary/aromatic N) is 1. The van der Waals surface area contributed by atoms with Gasteiger partial charge >= 0.3 is 17.9 Å². The van der Waals surface area contributed by atoms with Crippen molar-refractivity contribution in [3.05, 3.63) is 72.9 Å². The van der Waals surface area contributed by atoms with Crippen LogP contribution in [0.15, 0.2) is 72.9 Å². The number of esters is 2. The van der Waals surface area contributed by atoms with E-state index in [1.54, 1.807) is 0 Å². The lowest BCUT2D eigenvalue weighted by molar-refractivity contribution is -0.870. The Kier molecular flexibility index (Phi) is 52.5. The van der Waals surface area contributed by atoms with Gasteiger partial charge in [-0.15, -0.1) is 0 Å². The Hall–Kier alpha value is -3.27. The van der Waals surface area contributed by atoms with Gasteiger partial charge in [-0.3, -0.25) is 9.59 Å². The molecule has 0 radical (unpaired) electrons. The minimum Gasteiger partial charge on any atom is -0.477 e. The van der Waals surface area contributed by atoms with Crippen molar-refractivity contribution >= 4 is 17.9 Å². The number of unbranched alkanes of at least 4 members (excludes halogenated alkanes) is 28. The number of quaternary nitrogens is 1. The van der Waals surface area contributed by atoms with Gasteiger partial charge in [0.2, 0.25) is 0 Å². The molecule has 422 valence electrons. The van der Waals surface area contributed by atoms with Gasteiger partial charge in [0, 0.05) is 12.8 Å². The lowest BCUT2D eigenvalue weighted by atomic mass is 10.0. The molecule has 0 aromatic rings. The Morgan fingerprint density at radius 3 is 1.16 bits per heavy atom. The average Bonchev–Trinajstić information content (AvgIpc) is 3.36. The van der Waals surface area contributed by atoms with Crippen molar-refractivity contribution in [1.29, 1.82) is 0 Å². The van der Waals surface area contributed by atoms with Crippen molar-refractivity contribution in [2.45, 2.75) is 270 Å². The second-order valence-corrected chi connectivity index (χ2v) is 21.3. The third-order valence-electron chi connectivity index (χ3n) is 13.0. The van der Waals surface area contributed by atoms with Gasteiger partial charge in [0.05, 0.1) is 34.4 Å². The van der Waals surface area contributed by atoms with E-state index in [1.807, 2.05) is 21.1 Å². The molecule has 0 aliphatic rings. The van der Waals surface area contributed by atoms with Crippen LogP contribution in [0.25, 0.3) is 0 Å². The zero-order valence-corrected chi connectivity index (χ0v) is 48.0. The van der Waals surface area contributed by atoms with Crippen LogP contribution < -0.4 is 0 Å². The highest BCUT2D eigenvalue weighted by Gasteiger charge is 2.25. The molecule has 0 bridgehead atoms. The van der Waals surface area contributed by atoms with Crippen LogP contribution in [0, 0.1) is 0 Å². The highest BCUT2D eigenvalue weighted by molar-refractivity contribution is 5.71. The van der Waals surface area contributed by atoms with Crippen molar-refractivity contribution in [1.82, 2.24) is 0 Å². The number of rotatable bonds is 55. The first-order chi connectivity index (χ1) is 35.6. The summed E-state index contributed by atoms with van der Waals surface area (Å²) in [6.45, 7) is 4.77. The summed E-state index contributed by atoms with van der Waals surface area (Å²) in [6.07, 6.45) is 68.4. The van der Waals surface area contributed by atoms with E-state index in [0.717, 1.165) is 96.3 Å². The van der Waals surface area contributed by atoms with Crippen LogP contribution in [0.3, 0.4) is 0 Å². The number of carboxylic acids is 1. The molecule has 9 heteroatoms. The van der Waals surface area contributed by atoms with Gasteiger partial charge in [-0.1, -0.05) is 254 Å². The number of carbonyl (C=O) groups excluding carboxylic acids is 2. The zero-order valence-electron chi connectivity index (χ0n) is 48.0. The Labute approximate surface area is 449 Å². The van der Waals surface area contributed by atoms with Crippen LogP contribution >= 0.6 is 0 Å². The number of carboxylic acid groups (broad SMARTS) is 1. The molecule has 0 aromatic carbocycles. The normalized spacial score (nSPS) is 13.3. The number of aliphatic carboxylic acids is 1. The minimum absolute atomic E-state index is 0.183. The second kappa shape index (κ2) is 55.0. The Balaban J connectivity index is 4.26. The summed E-state index contributed by atoms with van der Waals surface area (Å²) >= 11 is 0. The molecule has 0 rings (SSSR count). The van der Waals surface area contributed by atoms with Gasteiger partial charge < -0.3 is 28.5 Å². The van der Waals surface area contributed by atoms with Gasteiger partial charge in [-0.05, 0) is 64.2 Å². The Morgan fingerprint density at radius 2 is 0.781 bits per heavy atom. The fourth-order valence-corrected chi connectivity index (χ4v) is 8.37. The lowest BCUT2D eigenvalue weighted by Crippen LogP contribution is -2.40. The smallest absolute Gasteiger partial charge is 0.361 e. The molecule has 0 aliphatic heterocycles. The Morgan fingerprint density at radius 1 is 0.425 bits per heavy atom. The molecule has 0 spiro atoms. The molecule has 0 fully saturated rings. The monoisotopic (exact) mass is 1020 g/mol. The summed E-state index contributed by atoms with van der Waals surface area (Å²) in [6, 6.07) is 0. The number of hydrogen-bond donors (Lipinski definition) is 1. The van der Waals surface area contributed by atoms with E-state index in [-0.39, 0.29) is 32.2 Å². The fourth-order valence-electron chi connectivity index (χ4n) is 8.37. The number of ether oxygens (including phenoxy) is 4. The van der Waals surface area contributed by atoms with Crippen molar-refractivity contribution < 1.29 is 42.9 Å². The van der Waals surface area contributed by atoms with E-state index in [4.69, 9.17) is 18.9 Å². The van der Waals surface area contributed by atoms with Gasteiger partial charge in [0.25, 0.3) is 6.29 Å². The molecular weight excluding hydrogens is 911 g/mol. The summed E-state index contributed by atoms with van der Waals surface area (Å²) in [5.74, 6) is -2.02. The van der Waals surface area contributed by atoms with Crippen molar-refractivity contribution in [3.63, 3.8) is 0 Å². The highest BCUT2D eigenvalue weighted by atomic mass is 16.7. The summed E-state index contributed by atoms with van der Waals surface area (Å²) in [7, 11) is 5.96. The maximum atomic E-state index is 12.9. The summed E-state index contributed by atoms with van der Waals surface area (Å²) in [5.41, 5.74) is 0. The van der Waals surface area contributed by atoms with E-state index in [9.17, 15) is 19.5 Å². The number of likely N-dealkylation sites (N-methyl/N-ethyl adjacent to an activating group) is 1. The largest absolute Gasteiger partial charge is 0.477 e. The maximum Gasteiger partial charge on any atom is 0.361 e. The van der Waals surface area contributed by atoms with Gasteiger partial charge in [-0.25, -0.2) is 4.79 Å². The molecule has 2 atom stereocenters. The first-order valence-electron chi connectivity index (χ1n) is 30.1. The predicted molar refractivity (Wildman–Crippen MR) is 309 cm³/mol. The molecule has 0 saturated carbocycles. The molecule has 73 heavy (non-hydrogen) atoms. The van der Waals surface area contributed by atoms with Crippen LogP contribution in [0.4, 0.5) is 0 Å². The van der Waals surface area contributed by atoms with E-state index >= 15 is 0 Å². The first-order valence-corrected chi connectivity index (χ1v) is 30.1. The van der Waals surface area contributed by atoms with Gasteiger partial charge in [0.1, 0.15) is 13.2 Å². The van der Waals surface area contributed by atoms with Crippen LogP contribution in [-0.2, 0) is 33.3 Å². The van der Waals surface area contributed by atoms with Crippen molar-refractivity contribution in [3.8, 4) is 0 Å². The molecule has 2 unspecified atom stereocenters. The molecule has 0 aliphatic carbocycles. The predicted octanol–water partition coefficient (Wildman–Crippen LogP) is 17.8. The standard InChI is InChI=1S/C64H113NO8/c1-6-8-10-12-14-16-18-20-22-24-26-28-30-31-33-35-37-39-41-43-45-47-49-51-53-55-62(67)73-60(59-72-64(63(68)69)70-57-56-65(3,4)5)58-71-61(66)54-52-50-48-46-44-42-40-38-36-34-32-29-27-25-23-21-19-17-15-13-11-9-7-2/h8,10,14,16,20,22,26,28,31,33,37,39,60,64H,6-7,9,11-13,15,17-19,21,23-25,27,29-30,32,34-36,38,40-59H2,1-5H3/p+1/b10-8-,16-14-,22-20-,28-26-,33-31-,39-37-. The van der Waals surface area contributed by atoms with Crippen LogP contribution in [-0.4, -0.2) is 87.4 Å². The molecule has 1 N–H and O–H groups in total. The third kappa shape index (κ3) is 56.3. The number of hydrogen-bond acceptors (Lipinski definition) is 7. The lowest BCUT2D eigenvalue weighted by Gasteiger charge is -2.25. The van der Waals surface area contributed by atoms with E-state index < -0.39 is 24.3 Å². The minimum atomic E-state index is -1.52. The first kappa shape index (κ1) is 69.7. The van der Waals surface area contributed by atoms with Gasteiger partial charge in [-0.2, -0.15) is 0 Å². The van der Waals surface area contributed by atoms with Crippen LogP contribution in [0.2, 0.25) is 0 Å². The van der Waals surface area contributed by atoms with E-state index in [2.05, 4.69) is 86.8 Å². The van der Waals surface area contributed by atoms with E-state index in [0.29, 0.717) is 23.9 Å². The molecule has 0 saturated heterocycles. The quantitative estimate of drug-likeness (QED) is 0.0211. The maximum absolute atomic E-state index is 12.9. The number of allylic oxidation sites excluding steroid dienone is 12. The summed E-state index contributed by atoms with van der Waals surface area (Å²) in [4.78, 5) is 37.5.